The standard InChI is InChI=1S/C28H29NO3S/c1-31-24-13-14-26-25(19-24)27(28(33-26)21-5-9-22(30)10-6-21)20-7-11-23(12-8-20)32-18-17-29-15-3-2-4-16-29/h5-14,19,30H,2-4,15-18H2,1H3. The minimum atomic E-state index is 0.272. The highest BCUT2D eigenvalue weighted by molar-refractivity contribution is 7.23. The Morgan fingerprint density at radius 3 is 2.27 bits per heavy atom. The lowest BCUT2D eigenvalue weighted by molar-refractivity contribution is 0.183. The van der Waals surface area contributed by atoms with E-state index in [-0.39, 0.29) is 5.75 Å². The first-order chi connectivity index (χ1) is 16.2. The summed E-state index contributed by atoms with van der Waals surface area (Å²) in [7, 11) is 1.70. The number of rotatable bonds is 7. The van der Waals surface area contributed by atoms with Gasteiger partial charge >= 0.3 is 0 Å². The average molecular weight is 460 g/mol. The molecule has 0 atom stereocenters. The maximum Gasteiger partial charge on any atom is 0.119 e. The topological polar surface area (TPSA) is 41.9 Å². The van der Waals surface area contributed by atoms with Gasteiger partial charge in [0.25, 0.3) is 0 Å². The second kappa shape index (κ2) is 9.86. The van der Waals surface area contributed by atoms with Crippen molar-refractivity contribution in [2.45, 2.75) is 19.3 Å². The van der Waals surface area contributed by atoms with Crippen molar-refractivity contribution in [1.29, 1.82) is 0 Å². The van der Waals surface area contributed by atoms with Crippen molar-refractivity contribution in [3.8, 4) is 38.8 Å². The van der Waals surface area contributed by atoms with Crippen molar-refractivity contribution in [2.24, 2.45) is 0 Å². The molecule has 5 rings (SSSR count). The van der Waals surface area contributed by atoms with Crippen molar-refractivity contribution >= 4 is 21.4 Å². The zero-order valence-electron chi connectivity index (χ0n) is 18.9. The van der Waals surface area contributed by atoms with Crippen LogP contribution in [-0.2, 0) is 0 Å². The van der Waals surface area contributed by atoms with Gasteiger partial charge in [-0.05, 0) is 91.7 Å². The number of aromatic hydroxyl groups is 1. The number of methoxy groups -OCH3 is 1. The normalized spacial score (nSPS) is 14.5. The van der Waals surface area contributed by atoms with Crippen molar-refractivity contribution in [2.75, 3.05) is 33.4 Å². The van der Waals surface area contributed by atoms with Gasteiger partial charge in [-0.3, -0.25) is 4.90 Å². The molecule has 0 spiro atoms. The van der Waals surface area contributed by atoms with Gasteiger partial charge in [-0.15, -0.1) is 11.3 Å². The molecule has 5 heteroatoms. The number of hydrogen-bond donors (Lipinski definition) is 1. The van der Waals surface area contributed by atoms with E-state index < -0.39 is 0 Å². The van der Waals surface area contributed by atoms with Crippen molar-refractivity contribution < 1.29 is 14.6 Å². The van der Waals surface area contributed by atoms with Gasteiger partial charge in [-0.25, -0.2) is 0 Å². The third kappa shape index (κ3) is 4.85. The molecule has 1 saturated heterocycles. The maximum atomic E-state index is 9.75. The number of phenolic OH excluding ortho intramolecular Hbond substituents is 1. The van der Waals surface area contributed by atoms with E-state index in [4.69, 9.17) is 9.47 Å². The quantitative estimate of drug-likeness (QED) is 0.329. The van der Waals surface area contributed by atoms with Crippen LogP contribution in [0.1, 0.15) is 19.3 Å². The average Bonchev–Trinajstić information content (AvgIpc) is 3.24. The number of ether oxygens (including phenoxy) is 2. The van der Waals surface area contributed by atoms with Gasteiger partial charge in [0.1, 0.15) is 23.9 Å². The van der Waals surface area contributed by atoms with Crippen LogP contribution in [0.2, 0.25) is 0 Å². The Balaban J connectivity index is 1.43. The number of piperidine rings is 1. The number of hydrogen-bond acceptors (Lipinski definition) is 5. The molecule has 170 valence electrons. The van der Waals surface area contributed by atoms with E-state index >= 15 is 0 Å². The summed E-state index contributed by atoms with van der Waals surface area (Å²) >= 11 is 1.76. The van der Waals surface area contributed by atoms with Crippen LogP contribution in [0.25, 0.3) is 31.7 Å². The van der Waals surface area contributed by atoms with Crippen LogP contribution in [0.4, 0.5) is 0 Å². The largest absolute Gasteiger partial charge is 0.508 e. The van der Waals surface area contributed by atoms with Gasteiger partial charge in [0.15, 0.2) is 0 Å². The van der Waals surface area contributed by atoms with E-state index in [1.54, 1.807) is 30.6 Å². The van der Waals surface area contributed by atoms with Crippen molar-refractivity contribution in [3.63, 3.8) is 0 Å². The number of benzene rings is 3. The Morgan fingerprint density at radius 1 is 0.848 bits per heavy atom. The molecule has 0 amide bonds. The molecule has 33 heavy (non-hydrogen) atoms. The molecule has 0 radical (unpaired) electrons. The van der Waals surface area contributed by atoms with Crippen LogP contribution in [0, 0.1) is 0 Å². The number of likely N-dealkylation sites (tertiary alicyclic amines) is 1. The number of nitrogens with zero attached hydrogens (tertiary/aromatic N) is 1. The molecule has 4 nitrogen and oxygen atoms in total. The van der Waals surface area contributed by atoms with Crippen LogP contribution in [0.3, 0.4) is 0 Å². The summed E-state index contributed by atoms with van der Waals surface area (Å²) in [4.78, 5) is 3.67. The van der Waals surface area contributed by atoms with Gasteiger partial charge in [0, 0.05) is 27.1 Å². The molecule has 1 fully saturated rings. The zero-order chi connectivity index (χ0) is 22.6. The molecule has 0 aliphatic carbocycles. The van der Waals surface area contributed by atoms with Crippen molar-refractivity contribution in [1.82, 2.24) is 4.90 Å². The molecule has 1 N–H and O–H groups in total. The second-order valence-electron chi connectivity index (χ2n) is 8.49. The zero-order valence-corrected chi connectivity index (χ0v) is 19.7. The van der Waals surface area contributed by atoms with E-state index in [1.807, 2.05) is 18.2 Å². The first-order valence-corrected chi connectivity index (χ1v) is 12.4. The molecule has 1 aromatic heterocycles. The number of thiophene rings is 1. The van der Waals surface area contributed by atoms with Crippen LogP contribution in [-0.4, -0.2) is 43.4 Å². The highest BCUT2D eigenvalue weighted by Crippen LogP contribution is 2.46. The van der Waals surface area contributed by atoms with Crippen LogP contribution in [0.15, 0.2) is 66.7 Å². The van der Waals surface area contributed by atoms with Gasteiger partial charge in [-0.2, -0.15) is 0 Å². The predicted octanol–water partition coefficient (Wildman–Crippen LogP) is 6.81. The lowest BCUT2D eigenvalue weighted by atomic mass is 9.98. The maximum absolute atomic E-state index is 9.75. The lowest BCUT2D eigenvalue weighted by Gasteiger charge is -2.26. The molecular weight excluding hydrogens is 430 g/mol. The third-order valence-corrected chi connectivity index (χ3v) is 7.51. The molecular formula is C28H29NO3S. The van der Waals surface area contributed by atoms with Gasteiger partial charge in [0.2, 0.25) is 0 Å². The van der Waals surface area contributed by atoms with E-state index in [2.05, 4.69) is 41.3 Å². The molecule has 4 aromatic rings. The highest BCUT2D eigenvalue weighted by Gasteiger charge is 2.17. The molecule has 0 bridgehead atoms. The summed E-state index contributed by atoms with van der Waals surface area (Å²) in [5, 5.41) is 10.9. The summed E-state index contributed by atoms with van der Waals surface area (Å²) in [6.07, 6.45) is 3.96. The third-order valence-electron chi connectivity index (χ3n) is 6.29. The number of phenols is 1. The smallest absolute Gasteiger partial charge is 0.119 e. The first kappa shape index (κ1) is 21.8. The monoisotopic (exact) mass is 459 g/mol. The molecule has 3 aromatic carbocycles. The van der Waals surface area contributed by atoms with Crippen molar-refractivity contribution in [3.05, 3.63) is 66.7 Å². The Kier molecular flexibility index (Phi) is 6.51. The SMILES string of the molecule is COc1ccc2sc(-c3ccc(O)cc3)c(-c3ccc(OCCN4CCCCC4)cc3)c2c1. The van der Waals surface area contributed by atoms with E-state index in [0.29, 0.717) is 0 Å². The summed E-state index contributed by atoms with van der Waals surface area (Å²) in [5.41, 5.74) is 3.41. The second-order valence-corrected chi connectivity index (χ2v) is 9.54. The fourth-order valence-corrected chi connectivity index (χ4v) is 5.71. The fourth-order valence-electron chi connectivity index (χ4n) is 4.50. The number of fused-ring (bicyclic) bond motifs is 1. The van der Waals surface area contributed by atoms with E-state index in [9.17, 15) is 5.11 Å². The van der Waals surface area contributed by atoms with Gasteiger partial charge in [-0.1, -0.05) is 18.6 Å². The first-order valence-electron chi connectivity index (χ1n) is 11.6. The van der Waals surface area contributed by atoms with E-state index in [0.717, 1.165) is 35.8 Å². The molecule has 0 saturated carbocycles. The Bertz CT molecular complexity index is 1210. The minimum absolute atomic E-state index is 0.272. The van der Waals surface area contributed by atoms with Crippen LogP contribution < -0.4 is 9.47 Å². The Labute approximate surface area is 199 Å². The fraction of sp³-hybridized carbons (Fsp3) is 0.286. The molecule has 0 unspecified atom stereocenters. The summed E-state index contributed by atoms with van der Waals surface area (Å²) in [6, 6.07) is 22.1. The Morgan fingerprint density at radius 2 is 1.55 bits per heavy atom. The molecule has 2 heterocycles. The molecule has 1 aliphatic heterocycles. The van der Waals surface area contributed by atoms with Gasteiger partial charge in [0.05, 0.1) is 7.11 Å². The van der Waals surface area contributed by atoms with Crippen LogP contribution in [0.5, 0.6) is 17.2 Å². The molecule has 1 aliphatic rings. The summed E-state index contributed by atoms with van der Waals surface area (Å²) in [6.45, 7) is 4.09. The van der Waals surface area contributed by atoms with E-state index in [1.165, 1.54) is 52.9 Å². The minimum Gasteiger partial charge on any atom is -0.508 e. The van der Waals surface area contributed by atoms with Crippen LogP contribution >= 0.6 is 11.3 Å². The Hall–Kier alpha value is -3.02. The summed E-state index contributed by atoms with van der Waals surface area (Å²) < 4.78 is 12.8. The highest BCUT2D eigenvalue weighted by atomic mass is 32.1. The van der Waals surface area contributed by atoms with Gasteiger partial charge < -0.3 is 14.6 Å². The lowest BCUT2D eigenvalue weighted by Crippen LogP contribution is -2.33. The predicted molar refractivity (Wildman–Crippen MR) is 137 cm³/mol. The summed E-state index contributed by atoms with van der Waals surface area (Å²) in [5.74, 6) is 2.02.